The van der Waals surface area contributed by atoms with Crippen molar-refractivity contribution in [3.8, 4) is 11.1 Å². The van der Waals surface area contributed by atoms with Crippen LogP contribution in [0.5, 0.6) is 0 Å². The largest absolute Gasteiger partial charge is 0.465 e. The summed E-state index contributed by atoms with van der Waals surface area (Å²) < 4.78 is 4.85. The number of ether oxygens (including phenoxy) is 1. The summed E-state index contributed by atoms with van der Waals surface area (Å²) >= 11 is 0. The number of fused-ring (bicyclic) bond motifs is 6. The molecule has 2 aromatic carbocycles. The lowest BCUT2D eigenvalue weighted by atomic mass is 9.88. The molecule has 0 atom stereocenters. The highest BCUT2D eigenvalue weighted by Crippen LogP contribution is 2.36. The van der Waals surface area contributed by atoms with Gasteiger partial charge in [-0.15, -0.1) is 0 Å². The smallest absolute Gasteiger partial charge is 0.337 e. The van der Waals surface area contributed by atoms with E-state index in [0.29, 0.717) is 5.56 Å². The Kier molecular flexibility index (Phi) is 2.95. The average molecular weight is 328 g/mol. The van der Waals surface area contributed by atoms with E-state index in [4.69, 9.17) is 9.72 Å². The van der Waals surface area contributed by atoms with Crippen LogP contribution in [-0.2, 0) is 17.6 Å². The molecule has 0 amide bonds. The zero-order valence-electron chi connectivity index (χ0n) is 13.8. The van der Waals surface area contributed by atoms with Crippen LogP contribution >= 0.6 is 0 Å². The number of hydrogen-bond acceptors (Lipinski definition) is 3. The van der Waals surface area contributed by atoms with Gasteiger partial charge in [0, 0.05) is 21.9 Å². The van der Waals surface area contributed by atoms with Crippen LogP contribution in [0.25, 0.3) is 33.1 Å². The van der Waals surface area contributed by atoms with Crippen molar-refractivity contribution in [2.75, 3.05) is 7.11 Å². The Morgan fingerprint density at radius 2 is 1.92 bits per heavy atom. The number of methoxy groups -OCH3 is 1. The van der Waals surface area contributed by atoms with Gasteiger partial charge in [-0.05, 0) is 48.2 Å². The van der Waals surface area contributed by atoms with E-state index in [-0.39, 0.29) is 5.97 Å². The number of benzene rings is 2. The molecule has 0 bridgehead atoms. The lowest BCUT2D eigenvalue weighted by Crippen LogP contribution is -2.06. The molecule has 4 heteroatoms. The lowest BCUT2D eigenvalue weighted by Gasteiger charge is -2.18. The molecule has 0 radical (unpaired) electrons. The number of esters is 1. The van der Waals surface area contributed by atoms with Crippen LogP contribution in [-0.4, -0.2) is 23.0 Å². The average Bonchev–Trinajstić information content (AvgIpc) is 3.02. The predicted molar refractivity (Wildman–Crippen MR) is 97.8 cm³/mol. The van der Waals surface area contributed by atoms with Gasteiger partial charge in [0.2, 0.25) is 0 Å². The quantitative estimate of drug-likeness (QED) is 0.531. The highest BCUT2D eigenvalue weighted by Gasteiger charge is 2.19. The van der Waals surface area contributed by atoms with Gasteiger partial charge in [0.15, 0.2) is 0 Å². The van der Waals surface area contributed by atoms with Crippen molar-refractivity contribution in [1.82, 2.24) is 9.97 Å². The van der Waals surface area contributed by atoms with Crippen molar-refractivity contribution in [1.29, 1.82) is 0 Å². The summed E-state index contributed by atoms with van der Waals surface area (Å²) in [7, 11) is 1.40. The Labute approximate surface area is 144 Å². The molecule has 25 heavy (non-hydrogen) atoms. The number of aryl methyl sites for hydroxylation is 2. The van der Waals surface area contributed by atoms with Gasteiger partial charge in [0.1, 0.15) is 5.65 Å². The van der Waals surface area contributed by atoms with Gasteiger partial charge in [0.05, 0.1) is 18.4 Å². The van der Waals surface area contributed by atoms with Crippen molar-refractivity contribution in [3.63, 3.8) is 0 Å². The molecule has 0 unspecified atom stereocenters. The second-order valence-electron chi connectivity index (χ2n) is 6.41. The van der Waals surface area contributed by atoms with Crippen LogP contribution in [0.2, 0.25) is 0 Å². The van der Waals surface area contributed by atoms with E-state index in [1.807, 2.05) is 12.1 Å². The minimum Gasteiger partial charge on any atom is -0.465 e. The molecule has 1 N–H and O–H groups in total. The van der Waals surface area contributed by atoms with Crippen LogP contribution in [0, 0.1) is 0 Å². The standard InChI is InChI=1S/C21H16N2O2/c1-25-21(24)13-7-9-18-15(10-13)17-11-16-14-5-3-2-4-12(14)6-8-19(16)23-20(17)22-18/h2-5,7,9-11H,6,8H2,1H3,(H,22,23). The summed E-state index contributed by atoms with van der Waals surface area (Å²) in [6, 6.07) is 16.3. The number of rotatable bonds is 1. The van der Waals surface area contributed by atoms with E-state index in [0.717, 1.165) is 40.5 Å². The van der Waals surface area contributed by atoms with E-state index < -0.39 is 0 Å². The number of carbonyl (C=O) groups excluding carboxylic acids is 1. The molecule has 5 rings (SSSR count). The van der Waals surface area contributed by atoms with E-state index in [1.165, 1.54) is 23.8 Å². The minimum absolute atomic E-state index is 0.326. The summed E-state index contributed by atoms with van der Waals surface area (Å²) in [5.74, 6) is -0.326. The third kappa shape index (κ3) is 2.07. The summed E-state index contributed by atoms with van der Waals surface area (Å²) in [6.07, 6.45) is 1.97. The Bertz CT molecular complexity index is 1160. The van der Waals surface area contributed by atoms with Crippen molar-refractivity contribution in [2.24, 2.45) is 0 Å². The van der Waals surface area contributed by atoms with E-state index in [1.54, 1.807) is 6.07 Å². The maximum absolute atomic E-state index is 11.9. The molecule has 1 aliphatic carbocycles. The van der Waals surface area contributed by atoms with Crippen molar-refractivity contribution < 1.29 is 9.53 Å². The molecule has 2 aromatic heterocycles. The first-order valence-electron chi connectivity index (χ1n) is 8.36. The predicted octanol–water partition coefficient (Wildman–Crippen LogP) is 4.27. The molecule has 0 saturated heterocycles. The fourth-order valence-electron chi connectivity index (χ4n) is 3.78. The second-order valence-corrected chi connectivity index (χ2v) is 6.41. The SMILES string of the molecule is COC(=O)c1ccc2[nH]c3nc4c(cc3c2c1)-c1ccccc1CC4. The molecule has 122 valence electrons. The maximum Gasteiger partial charge on any atom is 0.337 e. The fraction of sp³-hybridized carbons (Fsp3) is 0.143. The molecular weight excluding hydrogens is 312 g/mol. The van der Waals surface area contributed by atoms with Crippen LogP contribution in [0.3, 0.4) is 0 Å². The summed E-state index contributed by atoms with van der Waals surface area (Å²) in [4.78, 5) is 20.1. The van der Waals surface area contributed by atoms with Crippen LogP contribution in [0.1, 0.15) is 21.6 Å². The molecule has 1 aliphatic rings. The molecule has 4 aromatic rings. The third-order valence-electron chi connectivity index (χ3n) is 5.02. The molecule has 0 aliphatic heterocycles. The summed E-state index contributed by atoms with van der Waals surface area (Å²) in [5.41, 5.74) is 7.35. The number of H-pyrrole nitrogens is 1. The fourth-order valence-corrected chi connectivity index (χ4v) is 3.78. The zero-order chi connectivity index (χ0) is 17.0. The second kappa shape index (κ2) is 5.18. The monoisotopic (exact) mass is 328 g/mol. The number of carbonyl (C=O) groups is 1. The van der Waals surface area contributed by atoms with Crippen molar-refractivity contribution in [3.05, 3.63) is 65.4 Å². The van der Waals surface area contributed by atoms with Gasteiger partial charge < -0.3 is 9.72 Å². The highest BCUT2D eigenvalue weighted by atomic mass is 16.5. The Morgan fingerprint density at radius 3 is 2.80 bits per heavy atom. The van der Waals surface area contributed by atoms with Gasteiger partial charge in [0.25, 0.3) is 0 Å². The first-order chi connectivity index (χ1) is 12.2. The van der Waals surface area contributed by atoms with Gasteiger partial charge in [-0.25, -0.2) is 9.78 Å². The van der Waals surface area contributed by atoms with Gasteiger partial charge in [-0.2, -0.15) is 0 Å². The first kappa shape index (κ1) is 14.2. The van der Waals surface area contributed by atoms with Gasteiger partial charge in [-0.3, -0.25) is 0 Å². The highest BCUT2D eigenvalue weighted by molar-refractivity contribution is 6.09. The Hall–Kier alpha value is -3.14. The van der Waals surface area contributed by atoms with Crippen LogP contribution in [0.4, 0.5) is 0 Å². The van der Waals surface area contributed by atoms with Gasteiger partial charge in [-0.1, -0.05) is 24.3 Å². The number of nitrogens with one attached hydrogen (secondary N) is 1. The van der Waals surface area contributed by atoms with E-state index in [9.17, 15) is 4.79 Å². The molecule has 4 nitrogen and oxygen atoms in total. The van der Waals surface area contributed by atoms with E-state index in [2.05, 4.69) is 35.3 Å². The van der Waals surface area contributed by atoms with Crippen LogP contribution < -0.4 is 0 Å². The van der Waals surface area contributed by atoms with Crippen LogP contribution in [0.15, 0.2) is 48.5 Å². The maximum atomic E-state index is 11.9. The number of aromatic nitrogens is 2. The molecule has 0 fully saturated rings. The van der Waals surface area contributed by atoms with Crippen molar-refractivity contribution in [2.45, 2.75) is 12.8 Å². The number of aromatic amines is 1. The summed E-state index contributed by atoms with van der Waals surface area (Å²) in [6.45, 7) is 0. The Morgan fingerprint density at radius 1 is 1.04 bits per heavy atom. The van der Waals surface area contributed by atoms with Gasteiger partial charge >= 0.3 is 5.97 Å². The number of hydrogen-bond donors (Lipinski definition) is 1. The Balaban J connectivity index is 1.80. The van der Waals surface area contributed by atoms with Crippen molar-refractivity contribution >= 4 is 27.9 Å². The van der Waals surface area contributed by atoms with E-state index >= 15 is 0 Å². The molecule has 0 saturated carbocycles. The molecule has 2 heterocycles. The zero-order valence-corrected chi connectivity index (χ0v) is 13.8. The summed E-state index contributed by atoms with van der Waals surface area (Å²) in [5, 5.41) is 2.03. The lowest BCUT2D eigenvalue weighted by molar-refractivity contribution is 0.0601. The first-order valence-corrected chi connectivity index (χ1v) is 8.36. The molecular formula is C21H16N2O2. The third-order valence-corrected chi connectivity index (χ3v) is 5.02. The molecule has 0 spiro atoms. The minimum atomic E-state index is -0.326. The normalized spacial score (nSPS) is 12.8. The topological polar surface area (TPSA) is 55.0 Å². The number of nitrogens with zero attached hydrogens (tertiary/aromatic N) is 1. The number of pyridine rings is 1.